The van der Waals surface area contributed by atoms with Crippen LogP contribution in [0.3, 0.4) is 0 Å². The first-order valence-corrected chi connectivity index (χ1v) is 10.0. The molecule has 2 aromatic heterocycles. The Morgan fingerprint density at radius 3 is 2.48 bits per heavy atom. The fourth-order valence-corrected chi connectivity index (χ4v) is 3.65. The molecule has 1 unspecified atom stereocenters. The van der Waals surface area contributed by atoms with Crippen molar-refractivity contribution in [2.45, 2.75) is 25.4 Å². The van der Waals surface area contributed by atoms with Gasteiger partial charge in [-0.2, -0.15) is 13.2 Å². The van der Waals surface area contributed by atoms with E-state index in [9.17, 15) is 13.2 Å². The van der Waals surface area contributed by atoms with Crippen molar-refractivity contribution >= 4 is 16.7 Å². The molecule has 1 N–H and O–H groups in total. The van der Waals surface area contributed by atoms with Gasteiger partial charge in [-0.1, -0.05) is 43.3 Å². The Hall–Kier alpha value is -3.48. The number of nitrogens with zero attached hydrogens (tertiary/aromatic N) is 3. The SMILES string of the molecule is CCC(CNc1ncnc2cc(-c3ncccc3C(F)(F)F)ccc12)c1ccccc1. The van der Waals surface area contributed by atoms with Crippen molar-refractivity contribution in [2.75, 3.05) is 11.9 Å². The van der Waals surface area contributed by atoms with Gasteiger partial charge in [-0.15, -0.1) is 0 Å². The lowest BCUT2D eigenvalue weighted by molar-refractivity contribution is -0.137. The minimum atomic E-state index is -4.48. The second kappa shape index (κ2) is 8.71. The topological polar surface area (TPSA) is 50.7 Å². The van der Waals surface area contributed by atoms with Gasteiger partial charge < -0.3 is 5.32 Å². The number of benzene rings is 2. The minimum absolute atomic E-state index is 0.111. The first kappa shape index (κ1) is 20.8. The molecule has 4 rings (SSSR count). The average Bonchev–Trinajstić information content (AvgIpc) is 2.79. The molecular formula is C24H21F3N4. The predicted molar refractivity (Wildman–Crippen MR) is 116 cm³/mol. The Bertz CT molecular complexity index is 1180. The van der Waals surface area contributed by atoms with E-state index in [0.29, 0.717) is 29.4 Å². The van der Waals surface area contributed by atoms with E-state index in [-0.39, 0.29) is 5.69 Å². The third kappa shape index (κ3) is 4.50. The van der Waals surface area contributed by atoms with Crippen molar-refractivity contribution < 1.29 is 13.2 Å². The molecule has 158 valence electrons. The molecule has 1 atom stereocenters. The second-order valence-electron chi connectivity index (χ2n) is 7.25. The zero-order valence-electron chi connectivity index (χ0n) is 16.9. The van der Waals surface area contributed by atoms with Gasteiger partial charge in [-0.05, 0) is 36.2 Å². The standard InChI is InChI=1S/C24H21F3N4/c1-2-16(17-7-4-3-5-8-17)14-29-23-19-11-10-18(13-21(19)30-15-31-23)22-20(24(25,26)27)9-6-12-28-22/h3-13,15-16H,2,14H2,1H3,(H,29,30,31). The van der Waals surface area contributed by atoms with Crippen LogP contribution in [0.4, 0.5) is 19.0 Å². The normalized spacial score (nSPS) is 12.6. The third-order valence-corrected chi connectivity index (χ3v) is 5.30. The highest BCUT2D eigenvalue weighted by Crippen LogP contribution is 2.36. The number of pyridine rings is 1. The first-order valence-electron chi connectivity index (χ1n) is 10.0. The molecule has 0 aliphatic heterocycles. The minimum Gasteiger partial charge on any atom is -0.369 e. The number of aromatic nitrogens is 3. The van der Waals surface area contributed by atoms with E-state index in [2.05, 4.69) is 39.3 Å². The van der Waals surface area contributed by atoms with Crippen LogP contribution in [-0.4, -0.2) is 21.5 Å². The summed E-state index contributed by atoms with van der Waals surface area (Å²) in [6, 6.07) is 17.5. The van der Waals surface area contributed by atoms with E-state index < -0.39 is 11.7 Å². The zero-order valence-corrected chi connectivity index (χ0v) is 16.9. The molecule has 0 bridgehead atoms. The molecule has 2 aromatic carbocycles. The van der Waals surface area contributed by atoms with Crippen LogP contribution >= 0.6 is 0 Å². The fourth-order valence-electron chi connectivity index (χ4n) is 3.65. The van der Waals surface area contributed by atoms with Crippen LogP contribution in [0.15, 0.2) is 73.2 Å². The lowest BCUT2D eigenvalue weighted by Crippen LogP contribution is -2.13. The molecule has 0 aliphatic carbocycles. The number of nitrogens with one attached hydrogen (secondary N) is 1. The summed E-state index contributed by atoms with van der Waals surface area (Å²) in [4.78, 5) is 12.6. The van der Waals surface area contributed by atoms with Crippen molar-refractivity contribution in [3.05, 3.63) is 84.3 Å². The number of alkyl halides is 3. The van der Waals surface area contributed by atoms with Gasteiger partial charge in [0.1, 0.15) is 12.1 Å². The van der Waals surface area contributed by atoms with Crippen LogP contribution in [0.2, 0.25) is 0 Å². The molecule has 31 heavy (non-hydrogen) atoms. The third-order valence-electron chi connectivity index (χ3n) is 5.30. The molecule has 2 heterocycles. The maximum absolute atomic E-state index is 13.4. The summed E-state index contributed by atoms with van der Waals surface area (Å²) in [5.74, 6) is 0.969. The van der Waals surface area contributed by atoms with Gasteiger partial charge >= 0.3 is 6.18 Å². The van der Waals surface area contributed by atoms with Crippen molar-refractivity contribution in [3.63, 3.8) is 0 Å². The van der Waals surface area contributed by atoms with Gasteiger partial charge in [0.15, 0.2) is 0 Å². The molecule has 0 radical (unpaired) electrons. The number of anilines is 1. The molecule has 4 aromatic rings. The summed E-state index contributed by atoms with van der Waals surface area (Å²) >= 11 is 0. The van der Waals surface area contributed by atoms with Crippen molar-refractivity contribution in [1.29, 1.82) is 0 Å². The fraction of sp³-hybridized carbons (Fsp3) is 0.208. The lowest BCUT2D eigenvalue weighted by Gasteiger charge is -2.17. The Morgan fingerprint density at radius 1 is 0.935 bits per heavy atom. The summed E-state index contributed by atoms with van der Waals surface area (Å²) in [6.45, 7) is 2.82. The van der Waals surface area contributed by atoms with Crippen LogP contribution in [0.1, 0.15) is 30.4 Å². The second-order valence-corrected chi connectivity index (χ2v) is 7.25. The molecule has 0 amide bonds. The summed E-state index contributed by atoms with van der Waals surface area (Å²) in [6.07, 6.45) is -0.745. The van der Waals surface area contributed by atoms with Gasteiger partial charge in [0.25, 0.3) is 0 Å². The largest absolute Gasteiger partial charge is 0.418 e. The van der Waals surface area contributed by atoms with Gasteiger partial charge in [0, 0.05) is 29.6 Å². The van der Waals surface area contributed by atoms with E-state index in [4.69, 9.17) is 0 Å². The molecule has 0 fully saturated rings. The Labute approximate surface area is 178 Å². The maximum atomic E-state index is 13.4. The van der Waals surface area contributed by atoms with E-state index in [0.717, 1.165) is 17.9 Å². The van der Waals surface area contributed by atoms with E-state index >= 15 is 0 Å². The highest BCUT2D eigenvalue weighted by Gasteiger charge is 2.34. The average molecular weight is 422 g/mol. The quantitative estimate of drug-likeness (QED) is 0.395. The number of hydrogen-bond acceptors (Lipinski definition) is 4. The number of fused-ring (bicyclic) bond motifs is 1. The Morgan fingerprint density at radius 2 is 1.74 bits per heavy atom. The van der Waals surface area contributed by atoms with Gasteiger partial charge in [0.05, 0.1) is 16.8 Å². The zero-order chi connectivity index (χ0) is 21.8. The van der Waals surface area contributed by atoms with Crippen LogP contribution in [-0.2, 0) is 6.18 Å². The highest BCUT2D eigenvalue weighted by atomic mass is 19.4. The summed E-state index contributed by atoms with van der Waals surface area (Å²) in [5.41, 5.74) is 1.28. The predicted octanol–water partition coefficient (Wildman–Crippen LogP) is 6.32. The molecule has 0 saturated carbocycles. The molecular weight excluding hydrogens is 401 g/mol. The van der Waals surface area contributed by atoms with Gasteiger partial charge in [-0.3, -0.25) is 4.98 Å². The van der Waals surface area contributed by atoms with Crippen LogP contribution in [0, 0.1) is 0 Å². The van der Waals surface area contributed by atoms with Crippen molar-refractivity contribution in [1.82, 2.24) is 15.0 Å². The Kier molecular flexibility index (Phi) is 5.84. The van der Waals surface area contributed by atoms with E-state index in [1.165, 1.54) is 24.2 Å². The highest BCUT2D eigenvalue weighted by molar-refractivity contribution is 5.91. The molecule has 7 heteroatoms. The molecule has 0 aliphatic rings. The summed E-state index contributed by atoms with van der Waals surface area (Å²) < 4.78 is 40.2. The maximum Gasteiger partial charge on any atom is 0.418 e. The van der Waals surface area contributed by atoms with E-state index in [1.54, 1.807) is 18.2 Å². The molecule has 4 nitrogen and oxygen atoms in total. The van der Waals surface area contributed by atoms with Crippen molar-refractivity contribution in [3.8, 4) is 11.3 Å². The first-order chi connectivity index (χ1) is 15.0. The van der Waals surface area contributed by atoms with Crippen molar-refractivity contribution in [2.24, 2.45) is 0 Å². The van der Waals surface area contributed by atoms with Gasteiger partial charge in [0.2, 0.25) is 0 Å². The number of halogens is 3. The van der Waals surface area contributed by atoms with Crippen LogP contribution in [0.5, 0.6) is 0 Å². The summed E-state index contributed by atoms with van der Waals surface area (Å²) in [7, 11) is 0. The monoisotopic (exact) mass is 422 g/mol. The molecule has 0 spiro atoms. The smallest absolute Gasteiger partial charge is 0.369 e. The molecule has 0 saturated heterocycles. The lowest BCUT2D eigenvalue weighted by atomic mass is 9.96. The number of hydrogen-bond donors (Lipinski definition) is 1. The van der Waals surface area contributed by atoms with E-state index in [1.807, 2.05) is 18.2 Å². The Balaban J connectivity index is 1.64. The summed E-state index contributed by atoms with van der Waals surface area (Å²) in [5, 5.41) is 4.13. The van der Waals surface area contributed by atoms with Gasteiger partial charge in [-0.25, -0.2) is 9.97 Å². The van der Waals surface area contributed by atoms with Crippen LogP contribution in [0.25, 0.3) is 22.2 Å². The number of rotatable bonds is 6. The van der Waals surface area contributed by atoms with Crippen LogP contribution < -0.4 is 5.32 Å².